The van der Waals surface area contributed by atoms with Gasteiger partial charge in [0.25, 0.3) is 0 Å². The lowest BCUT2D eigenvalue weighted by Gasteiger charge is -2.33. The average Bonchev–Trinajstić information content (AvgIpc) is 3.03. The number of guanidine groups is 1. The fraction of sp³-hybridized carbons (Fsp3) is 0.579. The van der Waals surface area contributed by atoms with Crippen molar-refractivity contribution in [3.8, 4) is 0 Å². The van der Waals surface area contributed by atoms with Crippen LogP contribution in [0.2, 0.25) is 0 Å². The van der Waals surface area contributed by atoms with Gasteiger partial charge >= 0.3 is 0 Å². The molecule has 1 N–H and O–H groups in total. The highest BCUT2D eigenvalue weighted by molar-refractivity contribution is 14.0. The van der Waals surface area contributed by atoms with Crippen LogP contribution in [0, 0.1) is 5.92 Å². The SMILES string of the molecule is CN=C(NCc1ccc(N2CCCC2=O)cc1)N1CCC(C)CC1.I. The van der Waals surface area contributed by atoms with Crippen molar-refractivity contribution in [2.45, 2.75) is 39.2 Å². The van der Waals surface area contributed by atoms with Gasteiger partial charge in [0.05, 0.1) is 0 Å². The number of hydrogen-bond acceptors (Lipinski definition) is 2. The van der Waals surface area contributed by atoms with E-state index in [1.165, 1.54) is 18.4 Å². The Kier molecular flexibility index (Phi) is 7.53. The Hall–Kier alpha value is -1.31. The Balaban J connectivity index is 0.00000225. The first-order valence-corrected chi connectivity index (χ1v) is 9.02. The normalized spacial score (nSPS) is 19.1. The minimum Gasteiger partial charge on any atom is -0.352 e. The van der Waals surface area contributed by atoms with Crippen LogP contribution in [-0.2, 0) is 11.3 Å². The van der Waals surface area contributed by atoms with Crippen molar-refractivity contribution in [2.24, 2.45) is 10.9 Å². The maximum absolute atomic E-state index is 11.8. The number of amides is 1. The van der Waals surface area contributed by atoms with Gasteiger partial charge in [-0.15, -0.1) is 24.0 Å². The summed E-state index contributed by atoms with van der Waals surface area (Å²) >= 11 is 0. The lowest BCUT2D eigenvalue weighted by atomic mass is 9.99. The van der Waals surface area contributed by atoms with E-state index in [4.69, 9.17) is 0 Å². The zero-order chi connectivity index (χ0) is 16.9. The van der Waals surface area contributed by atoms with Crippen molar-refractivity contribution in [3.05, 3.63) is 29.8 Å². The fourth-order valence-electron chi connectivity index (χ4n) is 3.45. The average molecular weight is 456 g/mol. The number of aliphatic imine (C=N–C) groups is 1. The molecule has 1 aromatic rings. The van der Waals surface area contributed by atoms with Gasteiger partial charge in [0, 0.05) is 45.3 Å². The van der Waals surface area contributed by atoms with Crippen molar-refractivity contribution < 1.29 is 4.79 Å². The van der Waals surface area contributed by atoms with Crippen molar-refractivity contribution >= 4 is 41.5 Å². The van der Waals surface area contributed by atoms with E-state index >= 15 is 0 Å². The Morgan fingerprint density at radius 3 is 2.44 bits per heavy atom. The Labute approximate surface area is 167 Å². The predicted octanol–water partition coefficient (Wildman–Crippen LogP) is 3.24. The molecular weight excluding hydrogens is 427 g/mol. The number of piperidine rings is 1. The number of nitrogens with zero attached hydrogens (tertiary/aromatic N) is 3. The summed E-state index contributed by atoms with van der Waals surface area (Å²) in [6, 6.07) is 8.29. The van der Waals surface area contributed by atoms with E-state index in [2.05, 4.69) is 34.3 Å². The third-order valence-corrected chi connectivity index (χ3v) is 5.07. The van der Waals surface area contributed by atoms with Crippen LogP contribution in [0.25, 0.3) is 0 Å². The number of nitrogens with one attached hydrogen (secondary N) is 1. The Bertz CT molecular complexity index is 594. The molecule has 3 rings (SSSR count). The van der Waals surface area contributed by atoms with Crippen LogP contribution in [0.1, 0.15) is 38.2 Å². The fourth-order valence-corrected chi connectivity index (χ4v) is 3.45. The van der Waals surface area contributed by atoms with E-state index in [0.29, 0.717) is 6.42 Å². The van der Waals surface area contributed by atoms with Crippen LogP contribution in [0.3, 0.4) is 0 Å². The maximum atomic E-state index is 11.8. The second-order valence-electron chi connectivity index (χ2n) is 6.89. The molecule has 0 bridgehead atoms. The number of anilines is 1. The van der Waals surface area contributed by atoms with E-state index in [-0.39, 0.29) is 29.9 Å². The van der Waals surface area contributed by atoms with E-state index in [9.17, 15) is 4.79 Å². The van der Waals surface area contributed by atoms with Gasteiger partial charge in [0.1, 0.15) is 0 Å². The molecule has 2 aliphatic rings. The van der Waals surface area contributed by atoms with Gasteiger partial charge < -0.3 is 15.1 Å². The highest BCUT2D eigenvalue weighted by atomic mass is 127. The van der Waals surface area contributed by atoms with Gasteiger partial charge in [0.15, 0.2) is 5.96 Å². The first kappa shape index (κ1) is 20.0. The Morgan fingerprint density at radius 2 is 1.88 bits per heavy atom. The molecule has 0 radical (unpaired) electrons. The summed E-state index contributed by atoms with van der Waals surface area (Å²) in [6.45, 7) is 6.08. The van der Waals surface area contributed by atoms with E-state index in [1.54, 1.807) is 0 Å². The molecule has 0 aromatic heterocycles. The van der Waals surface area contributed by atoms with Crippen LogP contribution in [0.5, 0.6) is 0 Å². The summed E-state index contributed by atoms with van der Waals surface area (Å²) < 4.78 is 0. The Morgan fingerprint density at radius 1 is 1.20 bits per heavy atom. The predicted molar refractivity (Wildman–Crippen MR) is 114 cm³/mol. The largest absolute Gasteiger partial charge is 0.352 e. The van der Waals surface area contributed by atoms with Crippen molar-refractivity contribution in [2.75, 3.05) is 31.6 Å². The number of carbonyl (C=O) groups is 1. The summed E-state index contributed by atoms with van der Waals surface area (Å²) in [5, 5.41) is 3.46. The van der Waals surface area contributed by atoms with Crippen LogP contribution in [0.4, 0.5) is 5.69 Å². The van der Waals surface area contributed by atoms with Gasteiger partial charge in [0.2, 0.25) is 5.91 Å². The monoisotopic (exact) mass is 456 g/mol. The summed E-state index contributed by atoms with van der Waals surface area (Å²) in [4.78, 5) is 20.4. The number of likely N-dealkylation sites (tertiary alicyclic amines) is 1. The second-order valence-corrected chi connectivity index (χ2v) is 6.89. The molecule has 0 aliphatic carbocycles. The number of benzene rings is 1. The molecule has 0 saturated carbocycles. The van der Waals surface area contributed by atoms with Gasteiger partial charge in [-0.3, -0.25) is 9.79 Å². The molecule has 0 unspecified atom stereocenters. The number of rotatable bonds is 3. The molecular formula is C19H29IN4O. The zero-order valence-corrected chi connectivity index (χ0v) is 17.5. The molecule has 1 amide bonds. The molecule has 2 aliphatic heterocycles. The minimum atomic E-state index is 0. The molecule has 1 aromatic carbocycles. The molecule has 2 fully saturated rings. The second kappa shape index (κ2) is 9.40. The van der Waals surface area contributed by atoms with E-state index in [0.717, 1.165) is 50.2 Å². The lowest BCUT2D eigenvalue weighted by Crippen LogP contribution is -2.45. The molecule has 5 nitrogen and oxygen atoms in total. The summed E-state index contributed by atoms with van der Waals surface area (Å²) in [5.41, 5.74) is 2.22. The molecule has 6 heteroatoms. The summed E-state index contributed by atoms with van der Waals surface area (Å²) in [6.07, 6.45) is 4.11. The van der Waals surface area contributed by atoms with E-state index in [1.807, 2.05) is 24.1 Å². The third kappa shape index (κ3) is 5.09. The summed E-state index contributed by atoms with van der Waals surface area (Å²) in [5.74, 6) is 2.04. The van der Waals surface area contributed by atoms with Crippen LogP contribution < -0.4 is 10.2 Å². The number of hydrogen-bond donors (Lipinski definition) is 1. The van der Waals surface area contributed by atoms with Crippen molar-refractivity contribution in [3.63, 3.8) is 0 Å². The quantitative estimate of drug-likeness (QED) is 0.432. The van der Waals surface area contributed by atoms with Crippen LogP contribution >= 0.6 is 24.0 Å². The first-order valence-electron chi connectivity index (χ1n) is 9.02. The van der Waals surface area contributed by atoms with Gasteiger partial charge in [-0.2, -0.15) is 0 Å². The van der Waals surface area contributed by atoms with Crippen LogP contribution in [-0.4, -0.2) is 43.4 Å². The third-order valence-electron chi connectivity index (χ3n) is 5.07. The minimum absolute atomic E-state index is 0. The maximum Gasteiger partial charge on any atom is 0.227 e. The molecule has 0 atom stereocenters. The van der Waals surface area contributed by atoms with Crippen molar-refractivity contribution in [1.29, 1.82) is 0 Å². The van der Waals surface area contributed by atoms with Gasteiger partial charge in [-0.25, -0.2) is 0 Å². The molecule has 25 heavy (non-hydrogen) atoms. The van der Waals surface area contributed by atoms with E-state index < -0.39 is 0 Å². The highest BCUT2D eigenvalue weighted by Gasteiger charge is 2.21. The van der Waals surface area contributed by atoms with Crippen molar-refractivity contribution in [1.82, 2.24) is 10.2 Å². The first-order chi connectivity index (χ1) is 11.7. The number of halogens is 1. The molecule has 138 valence electrons. The smallest absolute Gasteiger partial charge is 0.227 e. The topological polar surface area (TPSA) is 47.9 Å². The highest BCUT2D eigenvalue weighted by Crippen LogP contribution is 2.21. The van der Waals surface area contributed by atoms with Crippen LogP contribution in [0.15, 0.2) is 29.3 Å². The summed E-state index contributed by atoms with van der Waals surface area (Å²) in [7, 11) is 1.85. The van der Waals surface area contributed by atoms with Gasteiger partial charge in [-0.1, -0.05) is 19.1 Å². The molecule has 2 saturated heterocycles. The lowest BCUT2D eigenvalue weighted by molar-refractivity contribution is -0.117. The molecule has 2 heterocycles. The molecule has 0 spiro atoms. The standard InChI is InChI=1S/C19H28N4O.HI/c1-15-9-12-22(13-10-15)19(20-2)21-14-16-5-7-17(8-6-16)23-11-3-4-18(23)24;/h5-8,15H,3-4,9-14H2,1-2H3,(H,20,21);1H. The number of carbonyl (C=O) groups excluding carboxylic acids is 1. The zero-order valence-electron chi connectivity index (χ0n) is 15.2. The van der Waals surface area contributed by atoms with Gasteiger partial charge in [-0.05, 0) is 42.9 Å².